The third-order valence-corrected chi connectivity index (χ3v) is 2.19. The Labute approximate surface area is 112 Å². The molecule has 0 heterocycles. The predicted molar refractivity (Wildman–Crippen MR) is 66.6 cm³/mol. The summed E-state index contributed by atoms with van der Waals surface area (Å²) in [7, 11) is 0.874. The minimum Gasteiger partial charge on any atom is -0.481 e. The van der Waals surface area contributed by atoms with Crippen LogP contribution in [0.2, 0.25) is 5.82 Å². The predicted octanol–water partition coefficient (Wildman–Crippen LogP) is 0.523. The van der Waals surface area contributed by atoms with Crippen molar-refractivity contribution in [1.29, 1.82) is 0 Å². The second-order valence-corrected chi connectivity index (χ2v) is 4.24. The Morgan fingerprint density at radius 3 is 2.37 bits per heavy atom. The summed E-state index contributed by atoms with van der Waals surface area (Å²) in [6.07, 6.45) is -0.961. The van der Waals surface area contributed by atoms with Gasteiger partial charge in [0.25, 0.3) is 0 Å². The van der Waals surface area contributed by atoms with Gasteiger partial charge in [-0.3, -0.25) is 9.59 Å². The average Bonchev–Trinajstić information content (AvgIpc) is 2.36. The maximum atomic E-state index is 11.2. The summed E-state index contributed by atoms with van der Waals surface area (Å²) in [6, 6.07) is 0. The SMILES string of the molecule is COB(OC(C=O)COC(=O)CCC(=O)O)C(C)C. The van der Waals surface area contributed by atoms with Crippen LogP contribution >= 0.6 is 0 Å². The zero-order chi connectivity index (χ0) is 14.8. The molecule has 0 saturated carbocycles. The number of ether oxygens (including phenoxy) is 1. The average molecular weight is 274 g/mol. The first kappa shape index (κ1) is 17.6. The van der Waals surface area contributed by atoms with Crippen molar-refractivity contribution < 1.29 is 33.5 Å². The fourth-order valence-electron chi connectivity index (χ4n) is 1.22. The van der Waals surface area contributed by atoms with Crippen molar-refractivity contribution in [2.24, 2.45) is 0 Å². The molecule has 0 radical (unpaired) electrons. The van der Waals surface area contributed by atoms with E-state index in [2.05, 4.69) is 0 Å². The van der Waals surface area contributed by atoms with E-state index in [0.717, 1.165) is 0 Å². The molecule has 0 fully saturated rings. The maximum absolute atomic E-state index is 11.2. The first-order chi connectivity index (χ1) is 8.90. The molecule has 0 aromatic rings. The summed E-state index contributed by atoms with van der Waals surface area (Å²) in [4.78, 5) is 32.2. The lowest BCUT2D eigenvalue weighted by Gasteiger charge is -2.19. The van der Waals surface area contributed by atoms with Crippen LogP contribution in [0.1, 0.15) is 26.7 Å². The van der Waals surface area contributed by atoms with Gasteiger partial charge in [0.05, 0.1) is 12.8 Å². The van der Waals surface area contributed by atoms with E-state index in [9.17, 15) is 14.4 Å². The van der Waals surface area contributed by atoms with Gasteiger partial charge >= 0.3 is 19.1 Å². The van der Waals surface area contributed by atoms with Crippen molar-refractivity contribution in [3.05, 3.63) is 0 Å². The molecule has 0 aromatic carbocycles. The molecule has 1 unspecified atom stereocenters. The number of aldehydes is 1. The highest BCUT2D eigenvalue weighted by atomic mass is 16.6. The van der Waals surface area contributed by atoms with E-state index in [-0.39, 0.29) is 25.3 Å². The summed E-state index contributed by atoms with van der Waals surface area (Å²) in [5, 5.41) is 8.39. The van der Waals surface area contributed by atoms with E-state index in [1.54, 1.807) is 0 Å². The standard InChI is InChI=1S/C11H19BO7/c1-8(2)12(17-3)19-9(6-13)7-18-11(16)5-4-10(14)15/h6,8-9H,4-5,7H2,1-3H3,(H,14,15). The van der Waals surface area contributed by atoms with Crippen LogP contribution in [0.5, 0.6) is 0 Å². The topological polar surface area (TPSA) is 99.1 Å². The molecule has 1 atom stereocenters. The van der Waals surface area contributed by atoms with Gasteiger partial charge in [0.15, 0.2) is 6.29 Å². The lowest BCUT2D eigenvalue weighted by atomic mass is 9.74. The van der Waals surface area contributed by atoms with Crippen LogP contribution in [0.25, 0.3) is 0 Å². The second-order valence-electron chi connectivity index (χ2n) is 4.24. The third-order valence-electron chi connectivity index (χ3n) is 2.19. The number of carbonyl (C=O) groups excluding carboxylic acids is 2. The van der Waals surface area contributed by atoms with Gasteiger partial charge in [0.2, 0.25) is 0 Å². The van der Waals surface area contributed by atoms with E-state index < -0.39 is 25.2 Å². The first-order valence-corrected chi connectivity index (χ1v) is 5.91. The summed E-state index contributed by atoms with van der Waals surface area (Å²) in [5.74, 6) is -1.73. The highest BCUT2D eigenvalue weighted by molar-refractivity contribution is 6.46. The van der Waals surface area contributed by atoms with Crippen LogP contribution in [-0.4, -0.2) is 50.3 Å². The van der Waals surface area contributed by atoms with Gasteiger partial charge in [-0.05, 0) is 5.82 Å². The van der Waals surface area contributed by atoms with Crippen LogP contribution in [0.3, 0.4) is 0 Å². The fraction of sp³-hybridized carbons (Fsp3) is 0.727. The zero-order valence-corrected chi connectivity index (χ0v) is 11.3. The van der Waals surface area contributed by atoms with Crippen molar-refractivity contribution in [3.63, 3.8) is 0 Å². The summed E-state index contributed by atoms with van der Waals surface area (Å²) in [5.41, 5.74) is 0. The Morgan fingerprint density at radius 1 is 1.32 bits per heavy atom. The van der Waals surface area contributed by atoms with Crippen LogP contribution in [0.15, 0.2) is 0 Å². The largest absolute Gasteiger partial charge is 0.481 e. The molecular formula is C11H19BO7. The summed E-state index contributed by atoms with van der Waals surface area (Å²) >= 11 is 0. The first-order valence-electron chi connectivity index (χ1n) is 5.91. The molecule has 0 spiro atoms. The molecule has 0 rings (SSSR count). The number of hydrogen-bond donors (Lipinski definition) is 1. The molecule has 1 N–H and O–H groups in total. The van der Waals surface area contributed by atoms with Crippen molar-refractivity contribution >= 4 is 25.3 Å². The Hall–Kier alpha value is -1.41. The van der Waals surface area contributed by atoms with Gasteiger partial charge in [-0.15, -0.1) is 0 Å². The van der Waals surface area contributed by atoms with Gasteiger partial charge in [-0.1, -0.05) is 13.8 Å². The Kier molecular flexibility index (Phi) is 8.81. The minimum atomic E-state index is -1.08. The molecule has 19 heavy (non-hydrogen) atoms. The number of rotatable bonds is 10. The van der Waals surface area contributed by atoms with E-state index in [1.165, 1.54) is 7.11 Å². The van der Waals surface area contributed by atoms with Gasteiger partial charge in [0, 0.05) is 7.11 Å². The van der Waals surface area contributed by atoms with Crippen molar-refractivity contribution in [3.8, 4) is 0 Å². The third kappa shape index (κ3) is 8.33. The number of esters is 1. The van der Waals surface area contributed by atoms with E-state index in [0.29, 0.717) is 6.29 Å². The van der Waals surface area contributed by atoms with Crippen molar-refractivity contribution in [1.82, 2.24) is 0 Å². The van der Waals surface area contributed by atoms with Crippen LogP contribution < -0.4 is 0 Å². The lowest BCUT2D eigenvalue weighted by Crippen LogP contribution is -2.34. The Morgan fingerprint density at radius 2 is 1.95 bits per heavy atom. The molecule has 8 heteroatoms. The molecule has 0 bridgehead atoms. The Bertz CT molecular complexity index is 305. The second kappa shape index (κ2) is 9.52. The molecule has 0 aliphatic rings. The summed E-state index contributed by atoms with van der Waals surface area (Å²) < 4.78 is 15.1. The minimum absolute atomic E-state index is 0.0372. The normalized spacial score (nSPS) is 12.0. The number of aliphatic carboxylic acids is 1. The Balaban J connectivity index is 4.08. The van der Waals surface area contributed by atoms with E-state index in [1.807, 2.05) is 13.8 Å². The van der Waals surface area contributed by atoms with Gasteiger partial charge in [0.1, 0.15) is 12.7 Å². The molecule has 108 valence electrons. The van der Waals surface area contributed by atoms with E-state index >= 15 is 0 Å². The quantitative estimate of drug-likeness (QED) is 0.352. The molecule has 0 aliphatic carbocycles. The monoisotopic (exact) mass is 274 g/mol. The molecular weight excluding hydrogens is 255 g/mol. The highest BCUT2D eigenvalue weighted by Gasteiger charge is 2.26. The molecule has 0 aromatic heterocycles. The van der Waals surface area contributed by atoms with E-state index in [4.69, 9.17) is 19.2 Å². The van der Waals surface area contributed by atoms with Gasteiger partial charge < -0.3 is 23.9 Å². The van der Waals surface area contributed by atoms with Crippen molar-refractivity contribution in [2.45, 2.75) is 38.6 Å². The number of carbonyl (C=O) groups is 3. The zero-order valence-electron chi connectivity index (χ0n) is 11.3. The van der Waals surface area contributed by atoms with Crippen LogP contribution in [-0.2, 0) is 28.4 Å². The van der Waals surface area contributed by atoms with Crippen LogP contribution in [0, 0.1) is 0 Å². The van der Waals surface area contributed by atoms with Crippen molar-refractivity contribution in [2.75, 3.05) is 13.7 Å². The maximum Gasteiger partial charge on any atom is 0.460 e. The summed E-state index contributed by atoms with van der Waals surface area (Å²) in [6.45, 7) is 3.46. The lowest BCUT2D eigenvalue weighted by molar-refractivity contribution is -0.150. The molecule has 0 saturated heterocycles. The number of carboxylic acid groups (broad SMARTS) is 1. The molecule has 0 aliphatic heterocycles. The fourth-order valence-corrected chi connectivity index (χ4v) is 1.22. The van der Waals surface area contributed by atoms with Gasteiger partial charge in [-0.25, -0.2) is 0 Å². The van der Waals surface area contributed by atoms with Gasteiger partial charge in [-0.2, -0.15) is 0 Å². The molecule has 0 amide bonds. The highest BCUT2D eigenvalue weighted by Crippen LogP contribution is 2.11. The molecule has 7 nitrogen and oxygen atoms in total. The van der Waals surface area contributed by atoms with Crippen LogP contribution in [0.4, 0.5) is 0 Å². The number of hydrogen-bond acceptors (Lipinski definition) is 6. The smallest absolute Gasteiger partial charge is 0.460 e. The number of carboxylic acids is 1.